The lowest BCUT2D eigenvalue weighted by Crippen LogP contribution is -2.13. The fourth-order valence-electron chi connectivity index (χ4n) is 2.60. The zero-order chi connectivity index (χ0) is 15.9. The van der Waals surface area contributed by atoms with Crippen molar-refractivity contribution in [3.63, 3.8) is 0 Å². The van der Waals surface area contributed by atoms with Crippen LogP contribution in [0.1, 0.15) is 66.7 Å². The molecule has 0 radical (unpaired) electrons. The van der Waals surface area contributed by atoms with Gasteiger partial charge in [0.1, 0.15) is 0 Å². The molecule has 0 aromatic heterocycles. The van der Waals surface area contributed by atoms with Crippen molar-refractivity contribution < 1.29 is 5.11 Å². The van der Waals surface area contributed by atoms with Crippen LogP contribution in [-0.4, -0.2) is 10.7 Å². The zero-order valence-electron chi connectivity index (χ0n) is 14.4. The van der Waals surface area contributed by atoms with Crippen LogP contribution in [0.2, 0.25) is 0 Å². The number of rotatable bonds is 3. The van der Waals surface area contributed by atoms with Gasteiger partial charge >= 0.3 is 0 Å². The Morgan fingerprint density at radius 2 is 1.86 bits per heavy atom. The summed E-state index contributed by atoms with van der Waals surface area (Å²) < 4.78 is 0. The molecule has 0 aromatic carbocycles. The lowest BCUT2D eigenvalue weighted by molar-refractivity contribution is 0.133. The molecule has 21 heavy (non-hydrogen) atoms. The van der Waals surface area contributed by atoms with Gasteiger partial charge in [-0.3, -0.25) is 0 Å². The number of hydrogen-bond donors (Lipinski definition) is 1. The first-order chi connectivity index (χ1) is 9.78. The molecule has 1 aliphatic carbocycles. The maximum atomic E-state index is 9.73. The number of aliphatic hydroxyl groups is 1. The third kappa shape index (κ3) is 8.06. The van der Waals surface area contributed by atoms with E-state index in [0.717, 1.165) is 6.42 Å². The summed E-state index contributed by atoms with van der Waals surface area (Å²) in [5.74, 6) is 0.604. The van der Waals surface area contributed by atoms with Crippen LogP contribution < -0.4 is 0 Å². The van der Waals surface area contributed by atoms with Crippen molar-refractivity contribution in [2.75, 3.05) is 0 Å². The molecule has 0 fully saturated rings. The van der Waals surface area contributed by atoms with E-state index in [2.05, 4.69) is 39.0 Å². The van der Waals surface area contributed by atoms with E-state index in [9.17, 15) is 5.11 Å². The van der Waals surface area contributed by atoms with E-state index in [1.54, 1.807) is 13.8 Å². The molecule has 1 nitrogen and oxygen atoms in total. The number of allylic oxidation sites excluding steroid dienone is 7. The summed E-state index contributed by atoms with van der Waals surface area (Å²) in [7, 11) is 0. The van der Waals surface area contributed by atoms with Crippen LogP contribution in [-0.2, 0) is 0 Å². The minimum Gasteiger partial charge on any atom is -0.386 e. The lowest BCUT2D eigenvalue weighted by atomic mass is 9.88. The monoisotopic (exact) mass is 288 g/mol. The standard InChI is InChI=1S/C20H32O/c1-16-8-6-9-17(2)12-14-19(13-11-16)18(3)10-7-15-20(4,5)21/h7-8,10,12,15,19,21H,6,9,11,13-14H2,1-5H3/t19-/m1/s1. The highest BCUT2D eigenvalue weighted by Crippen LogP contribution is 2.26. The average molecular weight is 288 g/mol. The maximum Gasteiger partial charge on any atom is 0.0774 e. The van der Waals surface area contributed by atoms with Gasteiger partial charge < -0.3 is 5.11 Å². The van der Waals surface area contributed by atoms with Crippen LogP contribution >= 0.6 is 0 Å². The summed E-state index contributed by atoms with van der Waals surface area (Å²) in [6.45, 7) is 10.3. The van der Waals surface area contributed by atoms with Crippen LogP contribution in [0.15, 0.2) is 47.1 Å². The second-order valence-corrected chi connectivity index (χ2v) is 7.03. The lowest BCUT2D eigenvalue weighted by Gasteiger charge is -2.18. The van der Waals surface area contributed by atoms with Crippen LogP contribution in [0.25, 0.3) is 0 Å². The molecule has 0 amide bonds. The summed E-state index contributed by atoms with van der Waals surface area (Å²) in [4.78, 5) is 0. The minimum absolute atomic E-state index is 0.604. The second-order valence-electron chi connectivity index (χ2n) is 7.03. The highest BCUT2D eigenvalue weighted by molar-refractivity contribution is 5.18. The average Bonchev–Trinajstić information content (AvgIpc) is 2.36. The summed E-state index contributed by atoms with van der Waals surface area (Å²) in [6.07, 6.45) is 16.7. The largest absolute Gasteiger partial charge is 0.386 e. The Hall–Kier alpha value is -1.08. The van der Waals surface area contributed by atoms with Gasteiger partial charge in [0.05, 0.1) is 5.60 Å². The Bertz CT molecular complexity index is 441. The quantitative estimate of drug-likeness (QED) is 0.519. The number of hydrogen-bond acceptors (Lipinski definition) is 1. The van der Waals surface area contributed by atoms with Crippen molar-refractivity contribution in [1.29, 1.82) is 0 Å². The van der Waals surface area contributed by atoms with Crippen molar-refractivity contribution in [1.82, 2.24) is 0 Å². The van der Waals surface area contributed by atoms with E-state index in [4.69, 9.17) is 0 Å². The topological polar surface area (TPSA) is 20.2 Å². The Balaban J connectivity index is 2.79. The van der Waals surface area contributed by atoms with Crippen LogP contribution in [0.3, 0.4) is 0 Å². The van der Waals surface area contributed by atoms with Gasteiger partial charge in [-0.15, -0.1) is 0 Å². The normalized spacial score (nSPS) is 23.0. The highest BCUT2D eigenvalue weighted by Gasteiger charge is 2.11. The molecular formula is C20H32O. The maximum absolute atomic E-state index is 9.73. The third-order valence-electron chi connectivity index (χ3n) is 4.18. The molecule has 1 N–H and O–H groups in total. The highest BCUT2D eigenvalue weighted by atomic mass is 16.3. The molecule has 0 aromatic rings. The Morgan fingerprint density at radius 1 is 1.19 bits per heavy atom. The molecule has 0 aliphatic heterocycles. The Morgan fingerprint density at radius 3 is 2.52 bits per heavy atom. The zero-order valence-corrected chi connectivity index (χ0v) is 14.4. The molecule has 0 heterocycles. The van der Waals surface area contributed by atoms with E-state index < -0.39 is 5.60 Å². The Labute approximate surface area is 131 Å². The molecule has 1 aliphatic rings. The summed E-state index contributed by atoms with van der Waals surface area (Å²) in [5, 5.41) is 9.73. The first kappa shape index (κ1) is 18.0. The molecule has 0 saturated carbocycles. The van der Waals surface area contributed by atoms with E-state index in [-0.39, 0.29) is 0 Å². The van der Waals surface area contributed by atoms with Gasteiger partial charge in [0, 0.05) is 0 Å². The van der Waals surface area contributed by atoms with Crippen LogP contribution in [0.5, 0.6) is 0 Å². The molecule has 0 bridgehead atoms. The van der Waals surface area contributed by atoms with Crippen molar-refractivity contribution in [2.45, 2.75) is 72.3 Å². The van der Waals surface area contributed by atoms with Crippen LogP contribution in [0.4, 0.5) is 0 Å². The van der Waals surface area contributed by atoms with E-state index in [1.807, 2.05) is 12.2 Å². The third-order valence-corrected chi connectivity index (χ3v) is 4.18. The summed E-state index contributed by atoms with van der Waals surface area (Å²) in [5.41, 5.74) is 3.70. The summed E-state index contributed by atoms with van der Waals surface area (Å²) >= 11 is 0. The van der Waals surface area contributed by atoms with Gasteiger partial charge in [-0.2, -0.15) is 0 Å². The second kappa shape index (κ2) is 8.38. The van der Waals surface area contributed by atoms with Gasteiger partial charge in [-0.25, -0.2) is 0 Å². The molecule has 0 unspecified atom stereocenters. The summed E-state index contributed by atoms with van der Waals surface area (Å²) in [6, 6.07) is 0. The van der Waals surface area contributed by atoms with Crippen LogP contribution in [0, 0.1) is 5.92 Å². The van der Waals surface area contributed by atoms with Crippen molar-refractivity contribution in [3.05, 3.63) is 47.1 Å². The minimum atomic E-state index is -0.733. The van der Waals surface area contributed by atoms with Gasteiger partial charge in [-0.05, 0) is 72.6 Å². The predicted molar refractivity (Wildman–Crippen MR) is 93.3 cm³/mol. The van der Waals surface area contributed by atoms with E-state index >= 15 is 0 Å². The molecule has 1 heteroatoms. The molecule has 1 rings (SSSR count). The van der Waals surface area contributed by atoms with Gasteiger partial charge in [-0.1, -0.05) is 47.1 Å². The van der Waals surface area contributed by atoms with Crippen molar-refractivity contribution >= 4 is 0 Å². The van der Waals surface area contributed by atoms with Gasteiger partial charge in [0.2, 0.25) is 0 Å². The molecular weight excluding hydrogens is 256 g/mol. The fourth-order valence-corrected chi connectivity index (χ4v) is 2.60. The van der Waals surface area contributed by atoms with E-state index in [1.165, 1.54) is 42.4 Å². The first-order valence-electron chi connectivity index (χ1n) is 8.17. The van der Waals surface area contributed by atoms with Gasteiger partial charge in [0.25, 0.3) is 0 Å². The van der Waals surface area contributed by atoms with Crippen molar-refractivity contribution in [2.24, 2.45) is 5.92 Å². The molecule has 0 saturated heterocycles. The molecule has 118 valence electrons. The molecule has 0 spiro atoms. The molecule has 1 atom stereocenters. The van der Waals surface area contributed by atoms with Gasteiger partial charge in [0.15, 0.2) is 0 Å². The van der Waals surface area contributed by atoms with Crippen molar-refractivity contribution in [3.8, 4) is 0 Å². The fraction of sp³-hybridized carbons (Fsp3) is 0.600. The Kier molecular flexibility index (Phi) is 7.17. The predicted octanol–water partition coefficient (Wildman–Crippen LogP) is 5.73. The first-order valence-corrected chi connectivity index (χ1v) is 8.17. The van der Waals surface area contributed by atoms with E-state index in [0.29, 0.717) is 5.92 Å². The smallest absolute Gasteiger partial charge is 0.0774 e. The SMILES string of the molecule is CC1=CC[C@H](C(C)=CC=CC(C)(C)O)CCC(C)=CCC1.